The van der Waals surface area contributed by atoms with Crippen LogP contribution in [0, 0.1) is 0 Å². The molecule has 2 heterocycles. The van der Waals surface area contributed by atoms with Crippen LogP contribution in [-0.4, -0.2) is 34.2 Å². The Labute approximate surface area is 144 Å². The van der Waals surface area contributed by atoms with Crippen LogP contribution in [0.1, 0.15) is 20.8 Å². The smallest absolute Gasteiger partial charge is 0.475 e. The molecule has 0 radical (unpaired) electrons. The maximum atomic E-state index is 12.1. The van der Waals surface area contributed by atoms with Gasteiger partial charge in [0.15, 0.2) is 0 Å². The third kappa shape index (κ3) is 4.92. The number of carboxylic acids is 1. The molecule has 0 aliphatic heterocycles. The molecule has 0 fully saturated rings. The molecule has 1 aliphatic carbocycles. The molecule has 1 atom stereocenters. The highest BCUT2D eigenvalue weighted by atomic mass is 32.1. The minimum atomic E-state index is -5.08. The van der Waals surface area contributed by atoms with Gasteiger partial charge in [-0.15, -0.1) is 11.3 Å². The molecule has 4 N–H and O–H groups in total. The summed E-state index contributed by atoms with van der Waals surface area (Å²) in [5.74, 6) is -2.61. The number of aromatic nitrogens is 1. The third-order valence-corrected chi connectivity index (χ3v) is 4.38. The van der Waals surface area contributed by atoms with Crippen molar-refractivity contribution in [2.24, 2.45) is 0 Å². The number of thiophene rings is 1. The zero-order valence-electron chi connectivity index (χ0n) is 12.7. The zero-order chi connectivity index (χ0) is 18.6. The number of carbonyl (C=O) groups excluding carboxylic acids is 1. The Bertz CT molecular complexity index is 756. The largest absolute Gasteiger partial charge is 0.490 e. The molecule has 1 amide bonds. The topological polar surface area (TPSA) is 105 Å². The number of nitrogen functional groups attached to an aromatic ring is 1. The Morgan fingerprint density at radius 2 is 2.00 bits per heavy atom. The number of amides is 1. The van der Waals surface area contributed by atoms with E-state index in [0.717, 1.165) is 12.8 Å². The fraction of sp³-hybridized carbons (Fsp3) is 0.267. The number of nitrogens with zero attached hydrogens (tertiary/aromatic N) is 1. The van der Waals surface area contributed by atoms with Gasteiger partial charge in [0.1, 0.15) is 5.82 Å². The van der Waals surface area contributed by atoms with Crippen molar-refractivity contribution in [1.29, 1.82) is 0 Å². The van der Waals surface area contributed by atoms with E-state index in [1.54, 1.807) is 29.7 Å². The highest BCUT2D eigenvalue weighted by molar-refractivity contribution is 7.10. The number of nitrogens with two attached hydrogens (primary N) is 1. The second-order valence-electron chi connectivity index (χ2n) is 5.19. The predicted octanol–water partition coefficient (Wildman–Crippen LogP) is 2.26. The number of aliphatic carboxylic acids is 1. The summed E-state index contributed by atoms with van der Waals surface area (Å²) < 4.78 is 31.7. The monoisotopic (exact) mass is 373 g/mol. The summed E-state index contributed by atoms with van der Waals surface area (Å²) in [4.78, 5) is 26.3. The Hall–Kier alpha value is -2.62. The summed E-state index contributed by atoms with van der Waals surface area (Å²) >= 11 is 1.75. The predicted molar refractivity (Wildman–Crippen MR) is 85.3 cm³/mol. The van der Waals surface area contributed by atoms with Crippen molar-refractivity contribution in [1.82, 2.24) is 10.3 Å². The Kier molecular flexibility index (Phi) is 5.62. The van der Waals surface area contributed by atoms with Crippen LogP contribution in [0.4, 0.5) is 19.0 Å². The lowest BCUT2D eigenvalue weighted by molar-refractivity contribution is -0.192. The number of pyridine rings is 1. The number of carbonyl (C=O) groups is 2. The SMILES string of the molecule is Nc1ncccc1C(=O)NC1Cc2ccsc2C1.O=C(O)C(F)(F)F. The van der Waals surface area contributed by atoms with E-state index in [0.29, 0.717) is 5.56 Å². The van der Waals surface area contributed by atoms with Gasteiger partial charge in [0.2, 0.25) is 0 Å². The Morgan fingerprint density at radius 1 is 1.32 bits per heavy atom. The van der Waals surface area contributed by atoms with Gasteiger partial charge in [-0.25, -0.2) is 9.78 Å². The first-order valence-corrected chi connectivity index (χ1v) is 7.93. The quantitative estimate of drug-likeness (QED) is 0.749. The summed E-state index contributed by atoms with van der Waals surface area (Å²) in [6.07, 6.45) is -1.68. The van der Waals surface area contributed by atoms with Crippen molar-refractivity contribution in [2.45, 2.75) is 25.1 Å². The van der Waals surface area contributed by atoms with Gasteiger partial charge in [-0.1, -0.05) is 0 Å². The number of carboxylic acid groups (broad SMARTS) is 1. The van der Waals surface area contributed by atoms with Crippen molar-refractivity contribution in [3.8, 4) is 0 Å². The van der Waals surface area contributed by atoms with Crippen molar-refractivity contribution in [3.05, 3.63) is 45.8 Å². The van der Waals surface area contributed by atoms with E-state index < -0.39 is 12.1 Å². The van der Waals surface area contributed by atoms with Gasteiger partial charge in [0, 0.05) is 23.5 Å². The van der Waals surface area contributed by atoms with Crippen molar-refractivity contribution in [3.63, 3.8) is 0 Å². The van der Waals surface area contributed by atoms with E-state index in [1.165, 1.54) is 10.4 Å². The molecule has 0 aromatic carbocycles. The van der Waals surface area contributed by atoms with Gasteiger partial charge < -0.3 is 16.2 Å². The number of halogens is 3. The molecule has 3 rings (SSSR count). The van der Waals surface area contributed by atoms with Crippen LogP contribution in [0.3, 0.4) is 0 Å². The molecular weight excluding hydrogens is 359 g/mol. The molecule has 25 heavy (non-hydrogen) atoms. The van der Waals surface area contributed by atoms with Gasteiger partial charge in [-0.3, -0.25) is 4.79 Å². The van der Waals surface area contributed by atoms with Crippen LogP contribution in [0.2, 0.25) is 0 Å². The molecule has 10 heteroatoms. The van der Waals surface area contributed by atoms with Crippen molar-refractivity contribution < 1.29 is 27.9 Å². The number of rotatable bonds is 2. The molecular formula is C15H14F3N3O3S. The zero-order valence-corrected chi connectivity index (χ0v) is 13.5. The van der Waals surface area contributed by atoms with E-state index in [4.69, 9.17) is 15.6 Å². The van der Waals surface area contributed by atoms with Gasteiger partial charge >= 0.3 is 12.1 Å². The normalized spacial score (nSPS) is 15.7. The standard InChI is InChI=1S/C13H13N3OS.C2HF3O2/c14-12-10(2-1-4-15-12)13(17)16-9-6-8-3-5-18-11(8)7-9;3-2(4,5)1(6)7/h1-5,9H,6-7H2,(H2,14,15)(H,16,17);(H,6,7). The lowest BCUT2D eigenvalue weighted by Gasteiger charge is -2.12. The van der Waals surface area contributed by atoms with E-state index in [-0.39, 0.29) is 17.8 Å². The van der Waals surface area contributed by atoms with E-state index in [9.17, 15) is 18.0 Å². The highest BCUT2D eigenvalue weighted by Gasteiger charge is 2.38. The van der Waals surface area contributed by atoms with Crippen LogP contribution in [-0.2, 0) is 17.6 Å². The first kappa shape index (κ1) is 18.7. The minimum absolute atomic E-state index is 0.138. The average molecular weight is 373 g/mol. The second-order valence-corrected chi connectivity index (χ2v) is 6.19. The molecule has 134 valence electrons. The van der Waals surface area contributed by atoms with Crippen LogP contribution in [0.5, 0.6) is 0 Å². The number of hydrogen-bond donors (Lipinski definition) is 3. The van der Waals surface area contributed by atoms with Crippen molar-refractivity contribution in [2.75, 3.05) is 5.73 Å². The first-order chi connectivity index (χ1) is 11.7. The number of fused-ring (bicyclic) bond motifs is 1. The number of anilines is 1. The lowest BCUT2D eigenvalue weighted by Crippen LogP contribution is -2.35. The van der Waals surface area contributed by atoms with Gasteiger partial charge in [-0.05, 0) is 35.6 Å². The van der Waals surface area contributed by atoms with E-state index in [1.807, 2.05) is 0 Å². The second kappa shape index (κ2) is 7.51. The lowest BCUT2D eigenvalue weighted by atomic mass is 10.2. The summed E-state index contributed by atoms with van der Waals surface area (Å²) in [6.45, 7) is 0. The molecule has 0 spiro atoms. The molecule has 1 aliphatic rings. The molecule has 1 unspecified atom stereocenters. The van der Waals surface area contributed by atoms with Crippen LogP contribution >= 0.6 is 11.3 Å². The molecule has 0 bridgehead atoms. The Morgan fingerprint density at radius 3 is 2.56 bits per heavy atom. The molecule has 2 aromatic heterocycles. The van der Waals surface area contributed by atoms with Gasteiger partial charge in [0.05, 0.1) is 5.56 Å². The molecule has 0 saturated heterocycles. The maximum Gasteiger partial charge on any atom is 0.490 e. The molecule has 0 saturated carbocycles. The van der Waals surface area contributed by atoms with Gasteiger partial charge in [-0.2, -0.15) is 13.2 Å². The summed E-state index contributed by atoms with van der Waals surface area (Å²) in [6, 6.07) is 5.73. The van der Waals surface area contributed by atoms with Crippen molar-refractivity contribution >= 4 is 29.0 Å². The summed E-state index contributed by atoms with van der Waals surface area (Å²) in [7, 11) is 0. The number of hydrogen-bond acceptors (Lipinski definition) is 5. The van der Waals surface area contributed by atoms with Gasteiger partial charge in [0.25, 0.3) is 5.91 Å². The maximum absolute atomic E-state index is 12.1. The van der Waals surface area contributed by atoms with Crippen LogP contribution < -0.4 is 11.1 Å². The highest BCUT2D eigenvalue weighted by Crippen LogP contribution is 2.27. The van der Waals surface area contributed by atoms with Crippen LogP contribution in [0.15, 0.2) is 29.8 Å². The molecule has 2 aromatic rings. The summed E-state index contributed by atoms with van der Waals surface area (Å²) in [5, 5.41) is 12.2. The Balaban J connectivity index is 0.000000277. The fourth-order valence-electron chi connectivity index (χ4n) is 2.26. The third-order valence-electron chi connectivity index (χ3n) is 3.40. The fourth-order valence-corrected chi connectivity index (χ4v) is 3.26. The average Bonchev–Trinajstić information content (AvgIpc) is 3.08. The van der Waals surface area contributed by atoms with E-state index in [2.05, 4.69) is 21.7 Å². The number of nitrogens with one attached hydrogen (secondary N) is 1. The molecule has 6 nitrogen and oxygen atoms in total. The summed E-state index contributed by atoms with van der Waals surface area (Å²) in [5.41, 5.74) is 7.49. The first-order valence-electron chi connectivity index (χ1n) is 7.05. The van der Waals surface area contributed by atoms with Crippen LogP contribution in [0.25, 0.3) is 0 Å². The number of alkyl halides is 3. The van der Waals surface area contributed by atoms with E-state index >= 15 is 0 Å². The minimum Gasteiger partial charge on any atom is -0.475 e.